The predicted octanol–water partition coefficient (Wildman–Crippen LogP) is 0.425. The normalized spacial score (nSPS) is 9.31. The molecule has 4 nitrogen and oxygen atoms in total. The summed E-state index contributed by atoms with van der Waals surface area (Å²) in [5.74, 6) is -0.0207. The molecule has 0 aliphatic heterocycles. The maximum Gasteiger partial charge on any atom is 0.220 e. The molecule has 0 saturated carbocycles. The summed E-state index contributed by atoms with van der Waals surface area (Å²) in [5.41, 5.74) is 0. The molecule has 76 valence electrons. The molecule has 0 spiro atoms. The molecule has 0 aliphatic rings. The Morgan fingerprint density at radius 1 is 1.54 bits per heavy atom. The number of carbonyl (C=O) groups is 1. The lowest BCUT2D eigenvalue weighted by Crippen LogP contribution is -2.24. The quantitative estimate of drug-likeness (QED) is 0.428. The van der Waals surface area contributed by atoms with Crippen LogP contribution in [0.15, 0.2) is 12.8 Å². The fourth-order valence-corrected chi connectivity index (χ4v) is 0.795. The van der Waals surface area contributed by atoms with Gasteiger partial charge in [-0.05, 0) is 12.8 Å². The van der Waals surface area contributed by atoms with E-state index in [0.29, 0.717) is 26.0 Å². The molecule has 13 heavy (non-hydrogen) atoms. The smallest absolute Gasteiger partial charge is 0.220 e. The standard InChI is InChI=1S/C9H17NO3/c1-2-13-8-4-6-10-9(12)5-3-7-11/h2,11H,1,3-8H2,(H,10,12). The third-order valence-corrected chi connectivity index (χ3v) is 1.44. The van der Waals surface area contributed by atoms with E-state index >= 15 is 0 Å². The van der Waals surface area contributed by atoms with Crippen LogP contribution in [-0.4, -0.2) is 30.8 Å². The van der Waals surface area contributed by atoms with E-state index in [-0.39, 0.29) is 12.5 Å². The topological polar surface area (TPSA) is 58.6 Å². The van der Waals surface area contributed by atoms with Gasteiger partial charge in [0.25, 0.3) is 0 Å². The molecule has 0 rings (SSSR count). The number of nitrogens with one attached hydrogen (secondary N) is 1. The number of hydrogen-bond donors (Lipinski definition) is 2. The minimum atomic E-state index is -0.0207. The van der Waals surface area contributed by atoms with E-state index in [2.05, 4.69) is 11.9 Å². The van der Waals surface area contributed by atoms with Gasteiger partial charge in [0.05, 0.1) is 12.9 Å². The molecule has 0 atom stereocenters. The van der Waals surface area contributed by atoms with Crippen molar-refractivity contribution in [3.63, 3.8) is 0 Å². The summed E-state index contributed by atoms with van der Waals surface area (Å²) in [6, 6.07) is 0. The SMILES string of the molecule is C=COCCCNC(=O)CCCO. The largest absolute Gasteiger partial charge is 0.502 e. The van der Waals surface area contributed by atoms with Gasteiger partial charge in [-0.1, -0.05) is 6.58 Å². The molecule has 1 amide bonds. The van der Waals surface area contributed by atoms with Crippen LogP contribution in [-0.2, 0) is 9.53 Å². The van der Waals surface area contributed by atoms with Gasteiger partial charge in [0, 0.05) is 19.6 Å². The summed E-state index contributed by atoms with van der Waals surface area (Å²) in [6.45, 7) is 4.64. The molecule has 0 saturated heterocycles. The highest BCUT2D eigenvalue weighted by atomic mass is 16.5. The molecule has 0 radical (unpaired) electrons. The summed E-state index contributed by atoms with van der Waals surface area (Å²) < 4.78 is 4.87. The summed E-state index contributed by atoms with van der Waals surface area (Å²) in [5, 5.41) is 11.2. The Labute approximate surface area is 78.6 Å². The van der Waals surface area contributed by atoms with Crippen LogP contribution in [0.4, 0.5) is 0 Å². The van der Waals surface area contributed by atoms with E-state index in [1.807, 2.05) is 0 Å². The summed E-state index contributed by atoms with van der Waals surface area (Å²) in [4.78, 5) is 11.0. The number of ether oxygens (including phenoxy) is 1. The molecule has 4 heteroatoms. The van der Waals surface area contributed by atoms with E-state index in [1.54, 1.807) is 0 Å². The monoisotopic (exact) mass is 187 g/mol. The van der Waals surface area contributed by atoms with Crippen molar-refractivity contribution in [1.29, 1.82) is 0 Å². The third kappa shape index (κ3) is 8.88. The summed E-state index contributed by atoms with van der Waals surface area (Å²) in [6.07, 6.45) is 3.07. The number of hydrogen-bond acceptors (Lipinski definition) is 3. The zero-order chi connectivity index (χ0) is 9.94. The van der Waals surface area contributed by atoms with Crippen molar-refractivity contribution in [1.82, 2.24) is 5.32 Å². The second-order valence-electron chi connectivity index (χ2n) is 2.57. The predicted molar refractivity (Wildman–Crippen MR) is 50.1 cm³/mol. The van der Waals surface area contributed by atoms with Gasteiger partial charge < -0.3 is 15.2 Å². The molecule has 0 aromatic carbocycles. The molecule has 0 aromatic heterocycles. The van der Waals surface area contributed by atoms with Gasteiger partial charge in [0.15, 0.2) is 0 Å². The van der Waals surface area contributed by atoms with Gasteiger partial charge in [-0.25, -0.2) is 0 Å². The first-order valence-electron chi connectivity index (χ1n) is 4.41. The van der Waals surface area contributed by atoms with Crippen molar-refractivity contribution in [2.45, 2.75) is 19.3 Å². The average molecular weight is 187 g/mol. The van der Waals surface area contributed by atoms with Crippen molar-refractivity contribution in [3.05, 3.63) is 12.8 Å². The second kappa shape index (κ2) is 9.06. The third-order valence-electron chi connectivity index (χ3n) is 1.44. The van der Waals surface area contributed by atoms with Crippen molar-refractivity contribution < 1.29 is 14.6 Å². The lowest BCUT2D eigenvalue weighted by atomic mass is 10.3. The highest BCUT2D eigenvalue weighted by Gasteiger charge is 1.98. The molecule has 0 fully saturated rings. The van der Waals surface area contributed by atoms with E-state index < -0.39 is 0 Å². The summed E-state index contributed by atoms with van der Waals surface area (Å²) >= 11 is 0. The molecule has 0 aliphatic carbocycles. The fourth-order valence-electron chi connectivity index (χ4n) is 0.795. The van der Waals surface area contributed by atoms with Crippen LogP contribution in [0, 0.1) is 0 Å². The highest BCUT2D eigenvalue weighted by Crippen LogP contribution is 1.87. The molecule has 0 unspecified atom stereocenters. The lowest BCUT2D eigenvalue weighted by Gasteiger charge is -2.03. The van der Waals surface area contributed by atoms with Gasteiger partial charge in [0.2, 0.25) is 5.91 Å². The first-order valence-corrected chi connectivity index (χ1v) is 4.41. The van der Waals surface area contributed by atoms with Crippen LogP contribution in [0.25, 0.3) is 0 Å². The van der Waals surface area contributed by atoms with Gasteiger partial charge in [-0.3, -0.25) is 4.79 Å². The molecular formula is C9H17NO3. The molecular weight excluding hydrogens is 170 g/mol. The van der Waals surface area contributed by atoms with E-state index in [0.717, 1.165) is 6.42 Å². The molecule has 0 heterocycles. The van der Waals surface area contributed by atoms with E-state index in [1.165, 1.54) is 6.26 Å². The Morgan fingerprint density at radius 3 is 2.92 bits per heavy atom. The van der Waals surface area contributed by atoms with Gasteiger partial charge in [-0.15, -0.1) is 0 Å². The van der Waals surface area contributed by atoms with Gasteiger partial charge in [0.1, 0.15) is 0 Å². The van der Waals surface area contributed by atoms with Crippen molar-refractivity contribution in [2.24, 2.45) is 0 Å². The molecule has 2 N–H and O–H groups in total. The number of carbonyl (C=O) groups excluding carboxylic acids is 1. The highest BCUT2D eigenvalue weighted by molar-refractivity contribution is 5.75. The van der Waals surface area contributed by atoms with Crippen LogP contribution < -0.4 is 5.32 Å². The first-order chi connectivity index (χ1) is 6.31. The van der Waals surface area contributed by atoms with Crippen molar-refractivity contribution in [3.8, 4) is 0 Å². The van der Waals surface area contributed by atoms with Gasteiger partial charge in [-0.2, -0.15) is 0 Å². The zero-order valence-electron chi connectivity index (χ0n) is 7.79. The van der Waals surface area contributed by atoms with E-state index in [9.17, 15) is 4.79 Å². The number of rotatable bonds is 8. The van der Waals surface area contributed by atoms with Crippen LogP contribution in [0.1, 0.15) is 19.3 Å². The fraction of sp³-hybridized carbons (Fsp3) is 0.667. The van der Waals surface area contributed by atoms with Crippen LogP contribution in [0.2, 0.25) is 0 Å². The number of aliphatic hydroxyl groups excluding tert-OH is 1. The van der Waals surface area contributed by atoms with Crippen LogP contribution in [0.5, 0.6) is 0 Å². The van der Waals surface area contributed by atoms with Crippen LogP contribution >= 0.6 is 0 Å². The maximum absolute atomic E-state index is 11.0. The van der Waals surface area contributed by atoms with Crippen molar-refractivity contribution in [2.75, 3.05) is 19.8 Å². The first kappa shape index (κ1) is 12.0. The maximum atomic E-state index is 11.0. The molecule has 0 bridgehead atoms. The minimum absolute atomic E-state index is 0.0207. The Morgan fingerprint density at radius 2 is 2.31 bits per heavy atom. The Kier molecular flexibility index (Phi) is 8.34. The minimum Gasteiger partial charge on any atom is -0.502 e. The van der Waals surface area contributed by atoms with Crippen molar-refractivity contribution >= 4 is 5.91 Å². The molecule has 0 aromatic rings. The lowest BCUT2D eigenvalue weighted by molar-refractivity contribution is -0.121. The van der Waals surface area contributed by atoms with Gasteiger partial charge >= 0.3 is 0 Å². The van der Waals surface area contributed by atoms with E-state index in [4.69, 9.17) is 9.84 Å². The number of aliphatic hydroxyl groups is 1. The Balaban J connectivity index is 3.12. The summed E-state index contributed by atoms with van der Waals surface area (Å²) in [7, 11) is 0. The van der Waals surface area contributed by atoms with Crippen LogP contribution in [0.3, 0.4) is 0 Å². The zero-order valence-corrected chi connectivity index (χ0v) is 7.79. The Hall–Kier alpha value is -1.03. The number of amides is 1. The second-order valence-corrected chi connectivity index (χ2v) is 2.57. The average Bonchev–Trinajstić information content (AvgIpc) is 2.14. The Bertz CT molecular complexity index is 148.